The summed E-state index contributed by atoms with van der Waals surface area (Å²) in [5.41, 5.74) is 0.317. The highest BCUT2D eigenvalue weighted by molar-refractivity contribution is 6.32. The molecule has 3 rings (SSSR count). The Balaban J connectivity index is 1.54. The van der Waals surface area contributed by atoms with Crippen LogP contribution in [0.25, 0.3) is 0 Å². The summed E-state index contributed by atoms with van der Waals surface area (Å²) in [7, 11) is 0. The maximum Gasteiger partial charge on any atom is 0.291 e. The summed E-state index contributed by atoms with van der Waals surface area (Å²) in [6.45, 7) is 1.90. The third-order valence-electron chi connectivity index (χ3n) is 4.19. The van der Waals surface area contributed by atoms with Gasteiger partial charge in [0.25, 0.3) is 5.56 Å². The molecule has 0 aromatic carbocycles. The number of nitrogens with one attached hydrogen (secondary N) is 1. The molecule has 0 amide bonds. The predicted molar refractivity (Wildman–Crippen MR) is 82.9 cm³/mol. The summed E-state index contributed by atoms with van der Waals surface area (Å²) >= 11 is 6.08. The van der Waals surface area contributed by atoms with E-state index in [1.54, 1.807) is 6.20 Å². The maximum atomic E-state index is 12.3. The molecule has 0 atom stereocenters. The number of hydrogen-bond donors (Lipinski definition) is 1. The Morgan fingerprint density at radius 2 is 2.10 bits per heavy atom. The first-order chi connectivity index (χ1) is 10.2. The summed E-state index contributed by atoms with van der Waals surface area (Å²) in [5.74, 6) is 0.606. The van der Waals surface area contributed by atoms with Gasteiger partial charge in [-0.1, -0.05) is 24.4 Å². The summed E-state index contributed by atoms with van der Waals surface area (Å²) in [6.07, 6.45) is 9.16. The van der Waals surface area contributed by atoms with Gasteiger partial charge < -0.3 is 10.1 Å². The molecule has 2 aliphatic rings. The Hall–Kier alpha value is -1.07. The summed E-state index contributed by atoms with van der Waals surface area (Å²) in [6, 6.07) is 0. The second-order valence-corrected chi connectivity index (χ2v) is 6.41. The Kier molecular flexibility index (Phi) is 4.80. The minimum atomic E-state index is -0.129. The van der Waals surface area contributed by atoms with Gasteiger partial charge >= 0.3 is 0 Å². The van der Waals surface area contributed by atoms with Crippen molar-refractivity contribution >= 4 is 17.3 Å². The zero-order valence-corrected chi connectivity index (χ0v) is 12.9. The predicted octanol–water partition coefficient (Wildman–Crippen LogP) is 2.68. The molecule has 1 aromatic heterocycles. The highest BCUT2D eigenvalue weighted by Crippen LogP contribution is 2.30. The number of halogens is 1. The highest BCUT2D eigenvalue weighted by atomic mass is 35.5. The standard InChI is InChI=1S/C15H22ClN3O2/c16-13-9-18-19(10-11-5-6-11)15(20)14(13)17-7-8-21-12-3-1-2-4-12/h9,11-12,17H,1-8,10H2. The van der Waals surface area contributed by atoms with E-state index in [1.807, 2.05) is 0 Å². The van der Waals surface area contributed by atoms with Crippen LogP contribution in [0.2, 0.25) is 5.02 Å². The van der Waals surface area contributed by atoms with Crippen molar-refractivity contribution in [2.75, 3.05) is 18.5 Å². The molecule has 1 N–H and O–H groups in total. The van der Waals surface area contributed by atoms with Gasteiger partial charge in [-0.15, -0.1) is 0 Å². The van der Waals surface area contributed by atoms with Crippen LogP contribution in [-0.2, 0) is 11.3 Å². The molecule has 0 radical (unpaired) electrons. The van der Waals surface area contributed by atoms with Crippen LogP contribution in [0.5, 0.6) is 0 Å². The first-order valence-electron chi connectivity index (χ1n) is 7.85. The van der Waals surface area contributed by atoms with E-state index in [2.05, 4.69) is 10.4 Å². The van der Waals surface area contributed by atoms with Gasteiger partial charge in [0, 0.05) is 13.1 Å². The molecule has 6 heteroatoms. The molecule has 0 spiro atoms. The number of aromatic nitrogens is 2. The fourth-order valence-electron chi connectivity index (χ4n) is 2.76. The van der Waals surface area contributed by atoms with Gasteiger partial charge in [-0.25, -0.2) is 4.68 Å². The van der Waals surface area contributed by atoms with E-state index in [0.29, 0.717) is 42.4 Å². The first kappa shape index (κ1) is 14.9. The lowest BCUT2D eigenvalue weighted by Gasteiger charge is -2.13. The zero-order chi connectivity index (χ0) is 14.7. The quantitative estimate of drug-likeness (QED) is 0.787. The Morgan fingerprint density at radius 1 is 1.33 bits per heavy atom. The molecular formula is C15H22ClN3O2. The lowest BCUT2D eigenvalue weighted by Crippen LogP contribution is -2.28. The molecule has 2 saturated carbocycles. The average Bonchev–Trinajstić information content (AvgIpc) is 3.14. The number of nitrogens with zero attached hydrogens (tertiary/aromatic N) is 2. The van der Waals surface area contributed by atoms with E-state index in [0.717, 1.165) is 12.8 Å². The smallest absolute Gasteiger partial charge is 0.291 e. The van der Waals surface area contributed by atoms with Crippen LogP contribution in [0.1, 0.15) is 38.5 Å². The van der Waals surface area contributed by atoms with Crippen LogP contribution in [-0.4, -0.2) is 29.0 Å². The molecule has 0 aliphatic heterocycles. The van der Waals surface area contributed by atoms with E-state index >= 15 is 0 Å². The van der Waals surface area contributed by atoms with Crippen molar-refractivity contribution in [3.05, 3.63) is 21.6 Å². The van der Waals surface area contributed by atoms with Gasteiger partial charge in [-0.05, 0) is 31.6 Å². The zero-order valence-electron chi connectivity index (χ0n) is 12.2. The van der Waals surface area contributed by atoms with Crippen molar-refractivity contribution in [3.63, 3.8) is 0 Å². The van der Waals surface area contributed by atoms with Gasteiger partial charge in [0.05, 0.1) is 23.9 Å². The average molecular weight is 312 g/mol. The van der Waals surface area contributed by atoms with Gasteiger partial charge in [0.1, 0.15) is 5.69 Å². The molecule has 5 nitrogen and oxygen atoms in total. The van der Waals surface area contributed by atoms with E-state index in [4.69, 9.17) is 16.3 Å². The Morgan fingerprint density at radius 3 is 2.81 bits per heavy atom. The number of rotatable bonds is 7. The number of ether oxygens (including phenoxy) is 1. The minimum absolute atomic E-state index is 0.129. The maximum absolute atomic E-state index is 12.3. The van der Waals surface area contributed by atoms with Crippen LogP contribution >= 0.6 is 11.6 Å². The van der Waals surface area contributed by atoms with E-state index < -0.39 is 0 Å². The van der Waals surface area contributed by atoms with Crippen LogP contribution < -0.4 is 10.9 Å². The van der Waals surface area contributed by atoms with Gasteiger partial charge in [-0.2, -0.15) is 5.10 Å². The third kappa shape index (κ3) is 3.98. The fraction of sp³-hybridized carbons (Fsp3) is 0.733. The van der Waals surface area contributed by atoms with Crippen molar-refractivity contribution in [3.8, 4) is 0 Å². The van der Waals surface area contributed by atoms with Crippen molar-refractivity contribution in [2.24, 2.45) is 5.92 Å². The topological polar surface area (TPSA) is 56.1 Å². The van der Waals surface area contributed by atoms with Crippen LogP contribution in [0, 0.1) is 5.92 Å². The molecule has 2 aliphatic carbocycles. The van der Waals surface area contributed by atoms with E-state index in [1.165, 1.54) is 30.4 Å². The molecule has 2 fully saturated rings. The first-order valence-corrected chi connectivity index (χ1v) is 8.23. The Bertz CT molecular complexity index is 536. The normalized spacial score (nSPS) is 19.1. The lowest BCUT2D eigenvalue weighted by molar-refractivity contribution is 0.0659. The molecule has 21 heavy (non-hydrogen) atoms. The highest BCUT2D eigenvalue weighted by Gasteiger charge is 2.23. The molecule has 0 saturated heterocycles. The molecule has 116 valence electrons. The largest absolute Gasteiger partial charge is 0.377 e. The van der Waals surface area contributed by atoms with Crippen LogP contribution in [0.15, 0.2) is 11.0 Å². The van der Waals surface area contributed by atoms with Gasteiger partial charge in [0.15, 0.2) is 0 Å². The van der Waals surface area contributed by atoms with E-state index in [9.17, 15) is 4.79 Å². The second kappa shape index (κ2) is 6.79. The summed E-state index contributed by atoms with van der Waals surface area (Å²) in [5, 5.41) is 7.60. The van der Waals surface area contributed by atoms with Crippen molar-refractivity contribution in [1.82, 2.24) is 9.78 Å². The lowest BCUT2D eigenvalue weighted by atomic mass is 10.3. The second-order valence-electron chi connectivity index (χ2n) is 6.00. The molecule has 1 aromatic rings. The molecule has 0 bridgehead atoms. The van der Waals surface area contributed by atoms with Crippen molar-refractivity contribution < 1.29 is 4.74 Å². The molecule has 1 heterocycles. The van der Waals surface area contributed by atoms with Gasteiger partial charge in [0.2, 0.25) is 0 Å². The van der Waals surface area contributed by atoms with Crippen LogP contribution in [0.3, 0.4) is 0 Å². The molecular weight excluding hydrogens is 290 g/mol. The van der Waals surface area contributed by atoms with Crippen molar-refractivity contribution in [2.45, 2.75) is 51.2 Å². The van der Waals surface area contributed by atoms with Crippen molar-refractivity contribution in [1.29, 1.82) is 0 Å². The number of hydrogen-bond acceptors (Lipinski definition) is 4. The third-order valence-corrected chi connectivity index (χ3v) is 4.47. The Labute approximate surface area is 129 Å². The number of anilines is 1. The summed E-state index contributed by atoms with van der Waals surface area (Å²) in [4.78, 5) is 12.3. The summed E-state index contributed by atoms with van der Waals surface area (Å²) < 4.78 is 7.30. The molecule has 0 unspecified atom stereocenters. The van der Waals surface area contributed by atoms with Crippen LogP contribution in [0.4, 0.5) is 5.69 Å². The van der Waals surface area contributed by atoms with Gasteiger partial charge in [-0.3, -0.25) is 4.79 Å². The minimum Gasteiger partial charge on any atom is -0.377 e. The fourth-order valence-corrected chi connectivity index (χ4v) is 2.95. The monoisotopic (exact) mass is 311 g/mol. The van der Waals surface area contributed by atoms with E-state index in [-0.39, 0.29) is 5.56 Å². The SMILES string of the molecule is O=c1c(NCCOC2CCCC2)c(Cl)cnn1CC1CC1.